The summed E-state index contributed by atoms with van der Waals surface area (Å²) in [4.78, 5) is 36.6. The number of amides is 2. The fraction of sp³-hybridized carbons (Fsp3) is 0.250. The first kappa shape index (κ1) is 20.6. The molecule has 0 unspecified atom stereocenters. The van der Waals surface area contributed by atoms with Gasteiger partial charge < -0.3 is 15.4 Å². The number of unbranched alkanes of at least 4 members (excludes halogenated alkanes) is 1. The Balaban J connectivity index is 2.06. The van der Waals surface area contributed by atoms with Crippen LogP contribution >= 0.6 is 15.9 Å². The van der Waals surface area contributed by atoms with Gasteiger partial charge in [-0.05, 0) is 59.1 Å². The van der Waals surface area contributed by atoms with Crippen LogP contribution in [0.15, 0.2) is 46.9 Å². The Bertz CT molecular complexity index is 852. The smallest absolute Gasteiger partial charge is 0.340 e. The Morgan fingerprint density at radius 1 is 1.00 bits per heavy atom. The Labute approximate surface area is 166 Å². The molecule has 0 spiro atoms. The molecule has 7 heteroatoms. The molecule has 0 atom stereocenters. The first-order chi connectivity index (χ1) is 12.9. The maximum absolute atomic E-state index is 12.2. The predicted octanol–water partition coefficient (Wildman–Crippen LogP) is 4.29. The van der Waals surface area contributed by atoms with Crippen LogP contribution in [0.1, 0.15) is 35.7 Å². The molecule has 2 amide bonds. The highest BCUT2D eigenvalue weighted by Crippen LogP contribution is 2.23. The first-order valence-electron chi connectivity index (χ1n) is 8.57. The summed E-state index contributed by atoms with van der Waals surface area (Å²) in [6.45, 7) is 4.21. The largest absolute Gasteiger partial charge is 0.462 e. The molecule has 0 aliphatic heterocycles. The van der Waals surface area contributed by atoms with Gasteiger partial charge in [0.1, 0.15) is 0 Å². The van der Waals surface area contributed by atoms with E-state index in [0.29, 0.717) is 16.8 Å². The Morgan fingerprint density at radius 3 is 2.33 bits per heavy atom. The van der Waals surface area contributed by atoms with Gasteiger partial charge in [0, 0.05) is 4.47 Å². The molecule has 142 valence electrons. The van der Waals surface area contributed by atoms with Gasteiger partial charge in [-0.25, -0.2) is 4.79 Å². The lowest BCUT2D eigenvalue weighted by Gasteiger charge is -2.11. The number of hydrogen-bond acceptors (Lipinski definition) is 4. The molecule has 0 radical (unpaired) electrons. The van der Waals surface area contributed by atoms with Crippen LogP contribution in [0.3, 0.4) is 0 Å². The van der Waals surface area contributed by atoms with E-state index in [2.05, 4.69) is 26.6 Å². The van der Waals surface area contributed by atoms with Crippen LogP contribution in [0, 0.1) is 6.92 Å². The lowest BCUT2D eigenvalue weighted by atomic mass is 10.1. The Hall–Kier alpha value is -2.67. The summed E-state index contributed by atoms with van der Waals surface area (Å²) in [5.41, 5.74) is 1.92. The summed E-state index contributed by atoms with van der Waals surface area (Å²) < 4.78 is 5.85. The van der Waals surface area contributed by atoms with Gasteiger partial charge in [-0.2, -0.15) is 0 Å². The first-order valence-corrected chi connectivity index (χ1v) is 9.36. The number of para-hydroxylation sites is 1. The van der Waals surface area contributed by atoms with Crippen LogP contribution in [0.4, 0.5) is 11.4 Å². The van der Waals surface area contributed by atoms with E-state index in [1.165, 1.54) is 0 Å². The second-order valence-corrected chi connectivity index (χ2v) is 6.78. The Kier molecular flexibility index (Phi) is 7.55. The number of halogens is 1. The normalized spacial score (nSPS) is 10.2. The molecule has 0 aromatic heterocycles. The number of esters is 1. The van der Waals surface area contributed by atoms with Gasteiger partial charge in [-0.15, -0.1) is 0 Å². The van der Waals surface area contributed by atoms with Crippen molar-refractivity contribution in [3.8, 4) is 0 Å². The minimum absolute atomic E-state index is 0.200. The summed E-state index contributed by atoms with van der Waals surface area (Å²) in [5, 5.41) is 5.00. The summed E-state index contributed by atoms with van der Waals surface area (Å²) in [6, 6.07) is 11.8. The zero-order valence-corrected chi connectivity index (χ0v) is 16.8. The van der Waals surface area contributed by atoms with Crippen LogP contribution in [0.2, 0.25) is 0 Å². The molecule has 2 aromatic rings. The zero-order valence-electron chi connectivity index (χ0n) is 15.2. The second kappa shape index (κ2) is 9.87. The Morgan fingerprint density at radius 2 is 1.67 bits per heavy atom. The van der Waals surface area contributed by atoms with Crippen LogP contribution in [0.5, 0.6) is 0 Å². The van der Waals surface area contributed by atoms with Crippen LogP contribution < -0.4 is 10.6 Å². The minimum Gasteiger partial charge on any atom is -0.462 e. The highest BCUT2D eigenvalue weighted by atomic mass is 79.9. The molecule has 6 nitrogen and oxygen atoms in total. The topological polar surface area (TPSA) is 84.5 Å². The molecule has 0 saturated carbocycles. The second-order valence-electron chi connectivity index (χ2n) is 5.93. The van der Waals surface area contributed by atoms with Gasteiger partial charge in [0.25, 0.3) is 0 Å². The summed E-state index contributed by atoms with van der Waals surface area (Å²) in [7, 11) is 0. The summed E-state index contributed by atoms with van der Waals surface area (Å²) in [6.07, 6.45) is 1.66. The van der Waals surface area contributed by atoms with E-state index >= 15 is 0 Å². The van der Waals surface area contributed by atoms with Crippen LogP contribution in [-0.4, -0.2) is 24.4 Å². The number of hydrogen-bond donors (Lipinski definition) is 2. The van der Waals surface area contributed by atoms with E-state index in [9.17, 15) is 14.4 Å². The average molecular weight is 433 g/mol. The highest BCUT2D eigenvalue weighted by molar-refractivity contribution is 9.10. The third kappa shape index (κ3) is 5.92. The van der Waals surface area contributed by atoms with E-state index in [0.717, 1.165) is 18.4 Å². The van der Waals surface area contributed by atoms with Crippen LogP contribution in [-0.2, 0) is 14.3 Å². The molecule has 0 aliphatic rings. The monoisotopic (exact) mass is 432 g/mol. The molecule has 2 rings (SSSR count). The summed E-state index contributed by atoms with van der Waals surface area (Å²) in [5.74, 6) is -2.26. The van der Waals surface area contributed by atoms with E-state index in [-0.39, 0.29) is 11.3 Å². The van der Waals surface area contributed by atoms with E-state index in [1.807, 2.05) is 26.0 Å². The number of rotatable bonds is 6. The standard InChI is InChI=1S/C20H21BrN2O4/c1-3-4-11-27-20(26)14-7-5-6-8-16(14)22-18(24)19(25)23-17-10-9-13(2)12-15(17)21/h5-10,12H,3-4,11H2,1-2H3,(H,22,24)(H,23,25). The van der Waals surface area contributed by atoms with Gasteiger partial charge in [0.15, 0.2) is 0 Å². The predicted molar refractivity (Wildman–Crippen MR) is 108 cm³/mol. The van der Waals surface area contributed by atoms with Crippen molar-refractivity contribution in [2.45, 2.75) is 26.7 Å². The van der Waals surface area contributed by atoms with E-state index in [4.69, 9.17) is 4.74 Å². The quantitative estimate of drug-likeness (QED) is 0.405. The lowest BCUT2D eigenvalue weighted by Crippen LogP contribution is -2.30. The fourth-order valence-electron chi connectivity index (χ4n) is 2.24. The number of carbonyl (C=O) groups excluding carboxylic acids is 3. The average Bonchev–Trinajstić information content (AvgIpc) is 2.64. The molecule has 0 bridgehead atoms. The minimum atomic E-state index is -0.878. The molecular formula is C20H21BrN2O4. The van der Waals surface area contributed by atoms with Gasteiger partial charge in [0.2, 0.25) is 0 Å². The fourth-order valence-corrected chi connectivity index (χ4v) is 2.83. The third-order valence-corrected chi connectivity index (χ3v) is 4.36. The van der Waals surface area contributed by atoms with Gasteiger partial charge >= 0.3 is 17.8 Å². The molecule has 0 aliphatic carbocycles. The van der Waals surface area contributed by atoms with Crippen LogP contribution in [0.25, 0.3) is 0 Å². The van der Waals surface area contributed by atoms with Crippen molar-refractivity contribution in [2.75, 3.05) is 17.2 Å². The molecule has 0 fully saturated rings. The van der Waals surface area contributed by atoms with E-state index < -0.39 is 17.8 Å². The van der Waals surface area contributed by atoms with Crippen molar-refractivity contribution < 1.29 is 19.1 Å². The summed E-state index contributed by atoms with van der Waals surface area (Å²) >= 11 is 3.34. The SMILES string of the molecule is CCCCOC(=O)c1ccccc1NC(=O)C(=O)Nc1ccc(C)cc1Br. The van der Waals surface area contributed by atoms with Gasteiger partial charge in [0.05, 0.1) is 23.5 Å². The molecule has 27 heavy (non-hydrogen) atoms. The van der Waals surface area contributed by atoms with Crippen molar-refractivity contribution >= 4 is 45.1 Å². The zero-order chi connectivity index (χ0) is 19.8. The van der Waals surface area contributed by atoms with Crippen molar-refractivity contribution in [3.05, 3.63) is 58.1 Å². The number of benzene rings is 2. The number of aryl methyl sites for hydroxylation is 1. The molecule has 2 N–H and O–H groups in total. The van der Waals surface area contributed by atoms with E-state index in [1.54, 1.807) is 30.3 Å². The number of ether oxygens (including phenoxy) is 1. The van der Waals surface area contributed by atoms with Crippen molar-refractivity contribution in [1.82, 2.24) is 0 Å². The number of carbonyl (C=O) groups is 3. The number of anilines is 2. The molecule has 2 aromatic carbocycles. The van der Waals surface area contributed by atoms with Gasteiger partial charge in [-0.3, -0.25) is 9.59 Å². The third-order valence-electron chi connectivity index (χ3n) is 3.71. The van der Waals surface area contributed by atoms with Gasteiger partial charge in [-0.1, -0.05) is 31.5 Å². The van der Waals surface area contributed by atoms with Crippen molar-refractivity contribution in [2.24, 2.45) is 0 Å². The van der Waals surface area contributed by atoms with Crippen molar-refractivity contribution in [1.29, 1.82) is 0 Å². The van der Waals surface area contributed by atoms with Crippen molar-refractivity contribution in [3.63, 3.8) is 0 Å². The molecule has 0 heterocycles. The molecule has 0 saturated heterocycles. The highest BCUT2D eigenvalue weighted by Gasteiger charge is 2.19. The lowest BCUT2D eigenvalue weighted by molar-refractivity contribution is -0.133. The number of nitrogens with one attached hydrogen (secondary N) is 2. The maximum Gasteiger partial charge on any atom is 0.340 e. The maximum atomic E-state index is 12.2. The molecular weight excluding hydrogens is 412 g/mol.